The second-order valence-corrected chi connectivity index (χ2v) is 5.07. The van der Waals surface area contributed by atoms with Crippen molar-refractivity contribution >= 4 is 48.3 Å². The fraction of sp³-hybridized carbons (Fsp3) is 0.417. The maximum atomic E-state index is 12.9. The number of pyridine rings is 1. The first-order valence-electron chi connectivity index (χ1n) is 5.90. The number of hydrogen-bond acceptors (Lipinski definition) is 3. The molecule has 1 aliphatic rings. The molecule has 0 unspecified atom stereocenters. The molecule has 1 fully saturated rings. The van der Waals surface area contributed by atoms with E-state index in [1.165, 1.54) is 18.5 Å². The minimum atomic E-state index is -4.68. The van der Waals surface area contributed by atoms with E-state index in [9.17, 15) is 22.8 Å². The molecule has 1 aliphatic heterocycles. The third-order valence-corrected chi connectivity index (χ3v) is 3.65. The molecule has 2 heterocycles. The fourth-order valence-electron chi connectivity index (χ4n) is 2.27. The smallest absolute Gasteiger partial charge is 0.394 e. The summed E-state index contributed by atoms with van der Waals surface area (Å²) in [4.78, 5) is 27.7. The maximum absolute atomic E-state index is 12.9. The number of carbonyl (C=O) groups excluding carboxylic acids is 1. The van der Waals surface area contributed by atoms with Gasteiger partial charge in [0, 0.05) is 25.5 Å². The molecule has 0 aliphatic carbocycles. The lowest BCUT2D eigenvalue weighted by molar-refractivity contribution is -0.187. The average Bonchev–Trinajstić information content (AvgIpc) is 2.83. The Morgan fingerprint density at radius 1 is 1.30 bits per heavy atom. The minimum absolute atomic E-state index is 0. The number of rotatable bonds is 2. The van der Waals surface area contributed by atoms with Gasteiger partial charge in [0.1, 0.15) is 0 Å². The molecule has 1 aromatic heterocycles. The number of carboxylic acid groups (broad SMARTS) is 1. The molecule has 2 atom stereocenters. The highest BCUT2D eigenvalue weighted by Crippen LogP contribution is 2.38. The molecule has 130 valence electrons. The van der Waals surface area contributed by atoms with Gasteiger partial charge in [0.2, 0.25) is 0 Å². The number of carboxylic acids is 1. The Balaban J connectivity index is 0.00000242. The molecule has 0 spiro atoms. The van der Waals surface area contributed by atoms with E-state index in [0.717, 1.165) is 4.90 Å². The van der Waals surface area contributed by atoms with Crippen LogP contribution in [-0.2, 0) is 4.79 Å². The Labute approximate surface area is 146 Å². The zero-order valence-corrected chi connectivity index (χ0v) is 13.7. The largest absolute Gasteiger partial charge is 0.481 e. The number of carbonyl (C=O) groups is 2. The van der Waals surface area contributed by atoms with Gasteiger partial charge in [-0.3, -0.25) is 14.6 Å². The van der Waals surface area contributed by atoms with E-state index >= 15 is 0 Å². The summed E-state index contributed by atoms with van der Waals surface area (Å²) in [6.45, 7) is -1.20. The van der Waals surface area contributed by atoms with Gasteiger partial charge in [0.15, 0.2) is 0 Å². The van der Waals surface area contributed by atoms with Gasteiger partial charge in [-0.15, -0.1) is 24.8 Å². The first-order valence-corrected chi connectivity index (χ1v) is 6.28. The average molecular weight is 396 g/mol. The Kier molecular flexibility index (Phi) is 7.59. The summed E-state index contributed by atoms with van der Waals surface area (Å²) in [5.41, 5.74) is -0.00127. The minimum Gasteiger partial charge on any atom is -0.481 e. The molecule has 0 bridgehead atoms. The number of halogens is 6. The number of hydrogen-bond donors (Lipinski definition) is 1. The monoisotopic (exact) mass is 394 g/mol. The lowest BCUT2D eigenvalue weighted by Crippen LogP contribution is -2.34. The van der Waals surface area contributed by atoms with Crippen molar-refractivity contribution in [2.24, 2.45) is 11.8 Å². The lowest BCUT2D eigenvalue weighted by Gasteiger charge is -2.18. The van der Waals surface area contributed by atoms with Crippen LogP contribution in [0, 0.1) is 11.8 Å². The van der Waals surface area contributed by atoms with Gasteiger partial charge in [-0.05, 0) is 6.07 Å². The van der Waals surface area contributed by atoms with Crippen molar-refractivity contribution in [1.82, 2.24) is 9.88 Å². The summed E-state index contributed by atoms with van der Waals surface area (Å²) in [5.74, 6) is -6.07. The Bertz CT molecular complexity index is 586. The van der Waals surface area contributed by atoms with Crippen molar-refractivity contribution in [1.29, 1.82) is 0 Å². The standard InChI is InChI=1S/C12H10ClF3N2O3.2ClH/c13-9-3-17-2-1-6(9)10(19)18-4-7(11(20)21)8(5-18)12(14,15)16;;/h1-3,7-8H,4-5H2,(H,20,21);2*1H/t7-,8-;;/m1../s1. The number of amides is 1. The van der Waals surface area contributed by atoms with Crippen LogP contribution in [0.3, 0.4) is 0 Å². The van der Waals surface area contributed by atoms with Crippen molar-refractivity contribution in [3.05, 3.63) is 29.0 Å². The van der Waals surface area contributed by atoms with Crippen molar-refractivity contribution < 1.29 is 27.9 Å². The first-order chi connectivity index (χ1) is 9.71. The van der Waals surface area contributed by atoms with E-state index < -0.39 is 43.0 Å². The molecule has 1 aromatic rings. The molecule has 0 aromatic carbocycles. The van der Waals surface area contributed by atoms with E-state index in [2.05, 4.69) is 4.98 Å². The van der Waals surface area contributed by atoms with Crippen LogP contribution in [0.2, 0.25) is 5.02 Å². The molecule has 0 radical (unpaired) electrons. The second-order valence-electron chi connectivity index (χ2n) is 4.66. The van der Waals surface area contributed by atoms with Crippen molar-refractivity contribution in [3.8, 4) is 0 Å². The highest BCUT2D eigenvalue weighted by atomic mass is 35.5. The van der Waals surface area contributed by atoms with Gasteiger partial charge in [0.05, 0.1) is 22.4 Å². The Hall–Kier alpha value is -1.25. The molecule has 1 N–H and O–H groups in total. The zero-order chi connectivity index (χ0) is 15.8. The third kappa shape index (κ3) is 4.62. The first kappa shape index (κ1) is 21.8. The number of likely N-dealkylation sites (tertiary alicyclic amines) is 1. The second kappa shape index (κ2) is 8.03. The van der Waals surface area contributed by atoms with Crippen LogP contribution in [0.4, 0.5) is 13.2 Å². The quantitative estimate of drug-likeness (QED) is 0.836. The zero-order valence-electron chi connectivity index (χ0n) is 11.3. The van der Waals surface area contributed by atoms with Crippen LogP contribution in [0.1, 0.15) is 10.4 Å². The predicted octanol–water partition coefficient (Wildman–Crippen LogP) is 2.91. The van der Waals surface area contributed by atoms with Gasteiger partial charge in [0.25, 0.3) is 5.91 Å². The molecule has 23 heavy (non-hydrogen) atoms. The number of alkyl halides is 3. The van der Waals surface area contributed by atoms with E-state index in [1.807, 2.05) is 0 Å². The Morgan fingerprint density at radius 2 is 1.91 bits per heavy atom. The fourth-order valence-corrected chi connectivity index (χ4v) is 2.47. The summed E-state index contributed by atoms with van der Waals surface area (Å²) in [6, 6.07) is 1.28. The SMILES string of the molecule is Cl.Cl.O=C(O)[C@@H]1CN(C(=O)c2ccncc2Cl)C[C@H]1C(F)(F)F. The van der Waals surface area contributed by atoms with Crippen LogP contribution >= 0.6 is 36.4 Å². The van der Waals surface area contributed by atoms with Gasteiger partial charge < -0.3 is 10.0 Å². The van der Waals surface area contributed by atoms with Crippen molar-refractivity contribution in [2.45, 2.75) is 6.18 Å². The van der Waals surface area contributed by atoms with Crippen LogP contribution in [0.25, 0.3) is 0 Å². The van der Waals surface area contributed by atoms with E-state index in [-0.39, 0.29) is 35.4 Å². The van der Waals surface area contributed by atoms with Gasteiger partial charge in [-0.2, -0.15) is 13.2 Å². The van der Waals surface area contributed by atoms with E-state index in [0.29, 0.717) is 0 Å². The van der Waals surface area contributed by atoms with Crippen LogP contribution in [-0.4, -0.2) is 46.1 Å². The summed E-state index contributed by atoms with van der Waals surface area (Å²) < 4.78 is 38.6. The molecular weight excluding hydrogens is 383 g/mol. The lowest BCUT2D eigenvalue weighted by atomic mass is 9.96. The van der Waals surface area contributed by atoms with Crippen LogP contribution < -0.4 is 0 Å². The maximum Gasteiger partial charge on any atom is 0.394 e. The van der Waals surface area contributed by atoms with Crippen molar-refractivity contribution in [2.75, 3.05) is 13.1 Å². The van der Waals surface area contributed by atoms with Crippen molar-refractivity contribution in [3.63, 3.8) is 0 Å². The summed E-state index contributed by atoms with van der Waals surface area (Å²) in [5, 5.41) is 8.90. The Morgan fingerprint density at radius 3 is 2.35 bits per heavy atom. The number of aromatic nitrogens is 1. The number of aliphatic carboxylic acids is 1. The predicted molar refractivity (Wildman–Crippen MR) is 80.3 cm³/mol. The topological polar surface area (TPSA) is 70.5 Å². The molecular formula is C12H12Cl3F3N2O3. The summed E-state index contributed by atoms with van der Waals surface area (Å²) >= 11 is 5.77. The van der Waals surface area contributed by atoms with E-state index in [1.54, 1.807) is 0 Å². The van der Waals surface area contributed by atoms with Gasteiger partial charge in [-0.25, -0.2) is 0 Å². The normalized spacial score (nSPS) is 20.4. The summed E-state index contributed by atoms with van der Waals surface area (Å²) in [6.07, 6.45) is -2.20. The number of nitrogens with zero attached hydrogens (tertiary/aromatic N) is 2. The molecule has 1 amide bonds. The molecule has 0 saturated carbocycles. The molecule has 11 heteroatoms. The highest BCUT2D eigenvalue weighted by molar-refractivity contribution is 6.33. The third-order valence-electron chi connectivity index (χ3n) is 3.35. The highest BCUT2D eigenvalue weighted by Gasteiger charge is 2.53. The van der Waals surface area contributed by atoms with Gasteiger partial charge in [-0.1, -0.05) is 11.6 Å². The molecule has 5 nitrogen and oxygen atoms in total. The summed E-state index contributed by atoms with van der Waals surface area (Å²) in [7, 11) is 0. The van der Waals surface area contributed by atoms with Gasteiger partial charge >= 0.3 is 12.1 Å². The molecule has 1 saturated heterocycles. The van der Waals surface area contributed by atoms with Crippen LogP contribution in [0.5, 0.6) is 0 Å². The van der Waals surface area contributed by atoms with Crippen LogP contribution in [0.15, 0.2) is 18.5 Å². The van der Waals surface area contributed by atoms with E-state index in [4.69, 9.17) is 16.7 Å². The molecule has 2 rings (SSSR count).